The molecule has 0 saturated heterocycles. The van der Waals surface area contributed by atoms with Crippen LogP contribution in [-0.2, 0) is 23.2 Å². The van der Waals surface area contributed by atoms with E-state index in [9.17, 15) is 13.6 Å². The van der Waals surface area contributed by atoms with Gasteiger partial charge in [-0.25, -0.2) is 13.8 Å². The van der Waals surface area contributed by atoms with E-state index < -0.39 is 11.6 Å². The molecule has 3 aromatic rings. The molecule has 1 amide bonds. The molecule has 4 nitrogen and oxygen atoms in total. The van der Waals surface area contributed by atoms with E-state index in [1.54, 1.807) is 11.9 Å². The Morgan fingerprint density at radius 3 is 2.30 bits per heavy atom. The Morgan fingerprint density at radius 1 is 1.07 bits per heavy atom. The fraction of sp³-hybridized carbons (Fsp3) is 0.333. The maximum atomic E-state index is 13.9. The summed E-state index contributed by atoms with van der Waals surface area (Å²) in [5, 5.41) is 0. The number of oxazole rings is 1. The number of carbonyl (C=O) groups excluding carboxylic acids is 1. The first-order valence-electron chi connectivity index (χ1n) is 9.87. The Hall–Kier alpha value is -3.02. The van der Waals surface area contributed by atoms with Crippen LogP contribution >= 0.6 is 0 Å². The van der Waals surface area contributed by atoms with Gasteiger partial charge in [-0.15, -0.1) is 0 Å². The van der Waals surface area contributed by atoms with Crippen LogP contribution in [0.25, 0.3) is 11.3 Å². The van der Waals surface area contributed by atoms with Crippen molar-refractivity contribution in [3.05, 3.63) is 77.3 Å². The zero-order valence-corrected chi connectivity index (χ0v) is 17.7. The highest BCUT2D eigenvalue weighted by Crippen LogP contribution is 2.27. The smallest absolute Gasteiger partial charge is 0.223 e. The molecule has 0 spiro atoms. The minimum Gasteiger partial charge on any atom is -0.441 e. The fourth-order valence-corrected chi connectivity index (χ4v) is 3.15. The zero-order valence-electron chi connectivity index (χ0n) is 17.7. The maximum absolute atomic E-state index is 13.9. The lowest BCUT2D eigenvalue weighted by Gasteiger charge is -2.21. The Labute approximate surface area is 175 Å². The SMILES string of the molecule is CN(Cc1ccc(C(C)(C)C)cc1)C(=O)CCc1ncc(-c2c(F)cccc2F)o1. The average molecular weight is 412 g/mol. The van der Waals surface area contributed by atoms with Crippen molar-refractivity contribution in [2.45, 2.75) is 45.6 Å². The first-order chi connectivity index (χ1) is 14.1. The average Bonchev–Trinajstić information content (AvgIpc) is 3.14. The third kappa shape index (κ3) is 5.12. The van der Waals surface area contributed by atoms with Gasteiger partial charge < -0.3 is 9.32 Å². The third-order valence-electron chi connectivity index (χ3n) is 4.98. The van der Waals surface area contributed by atoms with Crippen LogP contribution in [-0.4, -0.2) is 22.8 Å². The number of nitrogens with zero attached hydrogens (tertiary/aromatic N) is 2. The summed E-state index contributed by atoms with van der Waals surface area (Å²) in [7, 11) is 1.75. The van der Waals surface area contributed by atoms with Gasteiger partial charge in [-0.05, 0) is 28.7 Å². The molecule has 0 aliphatic rings. The molecule has 0 fully saturated rings. The summed E-state index contributed by atoms with van der Waals surface area (Å²) >= 11 is 0. The highest BCUT2D eigenvalue weighted by atomic mass is 19.1. The molecule has 0 atom stereocenters. The fourth-order valence-electron chi connectivity index (χ4n) is 3.15. The zero-order chi connectivity index (χ0) is 21.9. The number of rotatable bonds is 6. The van der Waals surface area contributed by atoms with Crippen LogP contribution < -0.4 is 0 Å². The molecular formula is C24H26F2N2O2. The number of hydrogen-bond acceptors (Lipinski definition) is 3. The largest absolute Gasteiger partial charge is 0.441 e. The molecule has 0 unspecified atom stereocenters. The number of carbonyl (C=O) groups is 1. The maximum Gasteiger partial charge on any atom is 0.223 e. The summed E-state index contributed by atoms with van der Waals surface area (Å²) < 4.78 is 33.2. The number of aromatic nitrogens is 1. The lowest BCUT2D eigenvalue weighted by Crippen LogP contribution is -2.26. The van der Waals surface area contributed by atoms with E-state index in [0.29, 0.717) is 6.54 Å². The first-order valence-corrected chi connectivity index (χ1v) is 9.87. The molecule has 0 bridgehead atoms. The molecular weight excluding hydrogens is 386 g/mol. The van der Waals surface area contributed by atoms with Gasteiger partial charge in [-0.3, -0.25) is 4.79 Å². The van der Waals surface area contributed by atoms with E-state index in [2.05, 4.69) is 37.9 Å². The molecule has 30 heavy (non-hydrogen) atoms. The van der Waals surface area contributed by atoms with E-state index in [0.717, 1.165) is 17.7 Å². The van der Waals surface area contributed by atoms with E-state index in [4.69, 9.17) is 4.42 Å². The number of benzene rings is 2. The summed E-state index contributed by atoms with van der Waals surface area (Å²) in [4.78, 5) is 18.2. The highest BCUT2D eigenvalue weighted by Gasteiger charge is 2.17. The monoisotopic (exact) mass is 412 g/mol. The Bertz CT molecular complexity index is 1000. The van der Waals surface area contributed by atoms with Crippen LogP contribution in [0, 0.1) is 11.6 Å². The van der Waals surface area contributed by atoms with Crippen molar-refractivity contribution in [3.8, 4) is 11.3 Å². The highest BCUT2D eigenvalue weighted by molar-refractivity contribution is 5.76. The third-order valence-corrected chi connectivity index (χ3v) is 4.98. The van der Waals surface area contributed by atoms with Gasteiger partial charge in [-0.1, -0.05) is 51.1 Å². The molecule has 3 rings (SSSR count). The molecule has 0 radical (unpaired) electrons. The molecule has 0 saturated carbocycles. The second-order valence-electron chi connectivity index (χ2n) is 8.41. The second-order valence-corrected chi connectivity index (χ2v) is 8.41. The van der Waals surface area contributed by atoms with Crippen LogP contribution in [0.5, 0.6) is 0 Å². The van der Waals surface area contributed by atoms with E-state index in [-0.39, 0.29) is 41.4 Å². The van der Waals surface area contributed by atoms with Gasteiger partial charge in [0.15, 0.2) is 11.7 Å². The van der Waals surface area contributed by atoms with Crippen molar-refractivity contribution in [1.29, 1.82) is 0 Å². The van der Waals surface area contributed by atoms with Crippen molar-refractivity contribution < 1.29 is 18.0 Å². The van der Waals surface area contributed by atoms with Crippen LogP contribution in [0.1, 0.15) is 44.2 Å². The van der Waals surface area contributed by atoms with Crippen LogP contribution in [0.3, 0.4) is 0 Å². The van der Waals surface area contributed by atoms with Crippen LogP contribution in [0.15, 0.2) is 53.1 Å². The van der Waals surface area contributed by atoms with E-state index in [1.165, 1.54) is 17.8 Å². The normalized spacial score (nSPS) is 11.5. The molecule has 6 heteroatoms. The number of halogens is 2. The van der Waals surface area contributed by atoms with Gasteiger partial charge in [-0.2, -0.15) is 0 Å². The molecule has 0 aliphatic heterocycles. The summed E-state index contributed by atoms with van der Waals surface area (Å²) in [6.45, 7) is 6.98. The van der Waals surface area contributed by atoms with Crippen molar-refractivity contribution in [2.24, 2.45) is 0 Å². The number of aryl methyl sites for hydroxylation is 1. The van der Waals surface area contributed by atoms with Gasteiger partial charge in [0.1, 0.15) is 11.6 Å². The van der Waals surface area contributed by atoms with Gasteiger partial charge in [0, 0.05) is 26.4 Å². The minimum absolute atomic E-state index is 0.0142. The Kier molecular flexibility index (Phi) is 6.34. The second kappa shape index (κ2) is 8.78. The van der Waals surface area contributed by atoms with Crippen molar-refractivity contribution in [2.75, 3.05) is 7.05 Å². The molecule has 0 N–H and O–H groups in total. The standard InChI is InChI=1S/C24H26F2N2O2/c1-24(2,3)17-10-8-16(9-11-17)15-28(4)22(29)13-12-21-27-14-20(30-21)23-18(25)6-5-7-19(23)26/h5-11,14H,12-13,15H2,1-4H3. The molecule has 1 heterocycles. The number of amides is 1. The van der Waals surface area contributed by atoms with Gasteiger partial charge >= 0.3 is 0 Å². The lowest BCUT2D eigenvalue weighted by atomic mass is 9.87. The van der Waals surface area contributed by atoms with Crippen LogP contribution in [0.2, 0.25) is 0 Å². The predicted octanol–water partition coefficient (Wildman–Crippen LogP) is 5.51. The van der Waals surface area contributed by atoms with Gasteiger partial charge in [0.25, 0.3) is 0 Å². The summed E-state index contributed by atoms with van der Waals surface area (Å²) in [5.41, 5.74) is 2.12. The molecule has 158 valence electrons. The van der Waals surface area contributed by atoms with Gasteiger partial charge in [0.05, 0.1) is 11.8 Å². The summed E-state index contributed by atoms with van der Waals surface area (Å²) in [5.74, 6) is -1.21. The predicted molar refractivity (Wildman–Crippen MR) is 112 cm³/mol. The van der Waals surface area contributed by atoms with Crippen molar-refractivity contribution in [1.82, 2.24) is 9.88 Å². The van der Waals surface area contributed by atoms with Crippen LogP contribution in [0.4, 0.5) is 8.78 Å². The molecule has 0 aliphatic carbocycles. The van der Waals surface area contributed by atoms with E-state index >= 15 is 0 Å². The quantitative estimate of drug-likeness (QED) is 0.536. The van der Waals surface area contributed by atoms with Crippen molar-refractivity contribution >= 4 is 5.91 Å². The first kappa shape index (κ1) is 21.7. The van der Waals surface area contributed by atoms with Crippen molar-refractivity contribution in [3.63, 3.8) is 0 Å². The topological polar surface area (TPSA) is 46.3 Å². The summed E-state index contributed by atoms with van der Waals surface area (Å²) in [6, 6.07) is 11.9. The molecule has 1 aromatic heterocycles. The molecule has 2 aromatic carbocycles. The Morgan fingerprint density at radius 2 is 1.70 bits per heavy atom. The lowest BCUT2D eigenvalue weighted by molar-refractivity contribution is -0.130. The minimum atomic E-state index is -0.717. The number of hydrogen-bond donors (Lipinski definition) is 0. The van der Waals surface area contributed by atoms with E-state index in [1.807, 2.05) is 12.1 Å². The van der Waals surface area contributed by atoms with Gasteiger partial charge in [0.2, 0.25) is 5.91 Å². The Balaban J connectivity index is 1.57. The summed E-state index contributed by atoms with van der Waals surface area (Å²) in [6.07, 6.45) is 1.72.